The smallest absolute Gasteiger partial charge is 0.161 e. The van der Waals surface area contributed by atoms with E-state index in [1.165, 1.54) is 19.2 Å². The number of hydrogen-bond donors (Lipinski definition) is 2. The number of aromatic amines is 2. The monoisotopic (exact) mass is 467 g/mol. The zero-order valence-corrected chi connectivity index (χ0v) is 18.7. The second-order valence-corrected chi connectivity index (χ2v) is 7.83. The van der Waals surface area contributed by atoms with Gasteiger partial charge in [-0.15, -0.1) is 0 Å². The molecular formula is C25H18FN7O2. The van der Waals surface area contributed by atoms with E-state index in [0.717, 1.165) is 16.8 Å². The van der Waals surface area contributed by atoms with Gasteiger partial charge >= 0.3 is 0 Å². The highest BCUT2D eigenvalue weighted by molar-refractivity contribution is 5.96. The lowest BCUT2D eigenvalue weighted by Crippen LogP contribution is -1.90. The molecule has 0 saturated heterocycles. The normalized spacial score (nSPS) is 11.3. The van der Waals surface area contributed by atoms with Gasteiger partial charge in [0.25, 0.3) is 0 Å². The molecule has 1 aromatic carbocycles. The van der Waals surface area contributed by atoms with E-state index in [4.69, 9.17) is 19.4 Å². The van der Waals surface area contributed by atoms with Gasteiger partial charge in [0.1, 0.15) is 22.8 Å². The summed E-state index contributed by atoms with van der Waals surface area (Å²) in [6.45, 7) is 0. The molecule has 172 valence electrons. The summed E-state index contributed by atoms with van der Waals surface area (Å²) < 4.78 is 24.7. The predicted molar refractivity (Wildman–Crippen MR) is 129 cm³/mol. The number of hydrogen-bond acceptors (Lipinski definition) is 7. The van der Waals surface area contributed by atoms with Crippen molar-refractivity contribution in [3.63, 3.8) is 0 Å². The first-order valence-corrected chi connectivity index (χ1v) is 10.7. The molecule has 0 fully saturated rings. The van der Waals surface area contributed by atoms with Crippen LogP contribution < -0.4 is 9.47 Å². The number of H-pyrrole nitrogens is 2. The molecule has 5 heterocycles. The Kier molecular flexibility index (Phi) is 4.84. The average Bonchev–Trinajstić information content (AvgIpc) is 3.51. The molecule has 0 aliphatic heterocycles. The van der Waals surface area contributed by atoms with Crippen LogP contribution in [0.5, 0.6) is 11.5 Å². The topological polar surface area (TPSA) is 114 Å². The molecule has 5 aromatic heterocycles. The van der Waals surface area contributed by atoms with Crippen molar-refractivity contribution in [2.24, 2.45) is 0 Å². The third-order valence-corrected chi connectivity index (χ3v) is 5.69. The number of nitrogens with one attached hydrogen (secondary N) is 2. The van der Waals surface area contributed by atoms with Crippen molar-refractivity contribution in [1.82, 2.24) is 35.1 Å². The molecule has 0 aliphatic rings. The van der Waals surface area contributed by atoms with E-state index in [1.54, 1.807) is 38.0 Å². The maximum Gasteiger partial charge on any atom is 0.161 e. The summed E-state index contributed by atoms with van der Waals surface area (Å²) in [5, 5.41) is 7.46. The van der Waals surface area contributed by atoms with Crippen LogP contribution in [-0.2, 0) is 0 Å². The number of halogens is 1. The van der Waals surface area contributed by atoms with Crippen LogP contribution in [0.15, 0.2) is 61.2 Å². The van der Waals surface area contributed by atoms with Crippen molar-refractivity contribution < 1.29 is 13.9 Å². The number of methoxy groups -OCH3 is 2. The third kappa shape index (κ3) is 3.61. The van der Waals surface area contributed by atoms with Gasteiger partial charge in [-0.05, 0) is 35.9 Å². The number of imidazole rings is 1. The third-order valence-electron chi connectivity index (χ3n) is 5.69. The van der Waals surface area contributed by atoms with Crippen LogP contribution in [0.3, 0.4) is 0 Å². The zero-order chi connectivity index (χ0) is 23.9. The minimum absolute atomic E-state index is 0.408. The lowest BCUT2D eigenvalue weighted by Gasteiger charge is -2.06. The van der Waals surface area contributed by atoms with Crippen LogP contribution >= 0.6 is 0 Å². The molecule has 0 unspecified atom stereocenters. The Morgan fingerprint density at radius 3 is 2.46 bits per heavy atom. The van der Waals surface area contributed by atoms with E-state index >= 15 is 0 Å². The Labute approximate surface area is 198 Å². The van der Waals surface area contributed by atoms with Crippen LogP contribution in [0.25, 0.3) is 56.0 Å². The molecular weight excluding hydrogens is 449 g/mol. The van der Waals surface area contributed by atoms with Gasteiger partial charge in [-0.2, -0.15) is 5.10 Å². The summed E-state index contributed by atoms with van der Waals surface area (Å²) in [5.41, 5.74) is 6.08. The van der Waals surface area contributed by atoms with Crippen LogP contribution in [0.4, 0.5) is 4.39 Å². The lowest BCUT2D eigenvalue weighted by atomic mass is 10.1. The van der Waals surface area contributed by atoms with Crippen LogP contribution in [0.1, 0.15) is 0 Å². The second-order valence-electron chi connectivity index (χ2n) is 7.83. The van der Waals surface area contributed by atoms with Crippen molar-refractivity contribution in [3.8, 4) is 45.4 Å². The first-order valence-electron chi connectivity index (χ1n) is 10.7. The summed E-state index contributed by atoms with van der Waals surface area (Å²) in [7, 11) is 3.09. The summed E-state index contributed by atoms with van der Waals surface area (Å²) >= 11 is 0. The standard InChI is InChI=1S/C25H18FN7O2/c1-34-16-6-13(5-15(26)8-16)18-11-28-12-21-22(18)31-25(30-21)24-23-20(32-33-24)4-3-19(29-23)14-7-17(35-2)10-27-9-14/h3-12H,1-2H3,(H,30,31)(H,32,33). The van der Waals surface area contributed by atoms with Gasteiger partial charge in [0.05, 0.1) is 48.9 Å². The predicted octanol–water partition coefficient (Wildman–Crippen LogP) is 4.78. The summed E-state index contributed by atoms with van der Waals surface area (Å²) in [6.07, 6.45) is 6.68. The second kappa shape index (κ2) is 8.17. The molecule has 0 saturated carbocycles. The quantitative estimate of drug-likeness (QED) is 0.375. The summed E-state index contributed by atoms with van der Waals surface area (Å²) in [4.78, 5) is 21.4. The molecule has 2 N–H and O–H groups in total. The first-order chi connectivity index (χ1) is 17.1. The maximum absolute atomic E-state index is 14.2. The number of benzene rings is 1. The van der Waals surface area contributed by atoms with Crippen LogP contribution in [-0.4, -0.2) is 49.3 Å². The molecule has 0 spiro atoms. The molecule has 0 radical (unpaired) electrons. The molecule has 0 atom stereocenters. The minimum Gasteiger partial charge on any atom is -0.497 e. The molecule has 0 aliphatic carbocycles. The SMILES string of the molecule is COc1cncc(-c2ccc3[nH]nc(-c4nc5c(-c6cc(F)cc(OC)c6)cncc5[nH]4)c3n2)c1. The Balaban J connectivity index is 1.48. The number of pyridine rings is 3. The Bertz CT molecular complexity index is 1710. The van der Waals surface area contributed by atoms with E-state index in [0.29, 0.717) is 50.7 Å². The highest BCUT2D eigenvalue weighted by Gasteiger charge is 2.18. The Morgan fingerprint density at radius 2 is 1.60 bits per heavy atom. The summed E-state index contributed by atoms with van der Waals surface area (Å²) in [6, 6.07) is 10.2. The van der Waals surface area contributed by atoms with E-state index in [9.17, 15) is 4.39 Å². The van der Waals surface area contributed by atoms with E-state index in [1.807, 2.05) is 18.2 Å². The van der Waals surface area contributed by atoms with Gasteiger partial charge in [-0.1, -0.05) is 0 Å². The van der Waals surface area contributed by atoms with E-state index in [-0.39, 0.29) is 0 Å². The van der Waals surface area contributed by atoms with Gasteiger partial charge in [0.2, 0.25) is 0 Å². The number of fused-ring (bicyclic) bond motifs is 2. The van der Waals surface area contributed by atoms with Gasteiger partial charge < -0.3 is 14.5 Å². The van der Waals surface area contributed by atoms with Crippen molar-refractivity contribution in [3.05, 3.63) is 67.0 Å². The van der Waals surface area contributed by atoms with Crippen LogP contribution in [0.2, 0.25) is 0 Å². The van der Waals surface area contributed by atoms with Crippen molar-refractivity contribution in [2.75, 3.05) is 14.2 Å². The highest BCUT2D eigenvalue weighted by Crippen LogP contribution is 2.33. The van der Waals surface area contributed by atoms with E-state index in [2.05, 4.69) is 25.1 Å². The lowest BCUT2D eigenvalue weighted by molar-refractivity contribution is 0.411. The van der Waals surface area contributed by atoms with Crippen molar-refractivity contribution in [2.45, 2.75) is 0 Å². The minimum atomic E-state index is -0.408. The molecule has 6 rings (SSSR count). The number of aromatic nitrogens is 7. The fourth-order valence-electron chi connectivity index (χ4n) is 3.99. The molecule has 35 heavy (non-hydrogen) atoms. The van der Waals surface area contributed by atoms with Crippen molar-refractivity contribution in [1.29, 1.82) is 0 Å². The number of rotatable bonds is 5. The zero-order valence-electron chi connectivity index (χ0n) is 18.7. The largest absolute Gasteiger partial charge is 0.497 e. The highest BCUT2D eigenvalue weighted by atomic mass is 19.1. The Morgan fingerprint density at radius 1 is 0.771 bits per heavy atom. The van der Waals surface area contributed by atoms with E-state index < -0.39 is 5.82 Å². The summed E-state index contributed by atoms with van der Waals surface area (Å²) in [5.74, 6) is 1.16. The van der Waals surface area contributed by atoms with Gasteiger partial charge in [0, 0.05) is 29.6 Å². The fourth-order valence-corrected chi connectivity index (χ4v) is 3.99. The first kappa shape index (κ1) is 20.7. The average molecular weight is 467 g/mol. The molecule has 10 heteroatoms. The van der Waals surface area contributed by atoms with Gasteiger partial charge in [0.15, 0.2) is 11.5 Å². The number of nitrogens with zero attached hydrogens (tertiary/aromatic N) is 5. The molecule has 0 amide bonds. The Hall–Kier alpha value is -4.86. The van der Waals surface area contributed by atoms with Gasteiger partial charge in [-0.25, -0.2) is 14.4 Å². The fraction of sp³-hybridized carbons (Fsp3) is 0.0800. The molecule has 9 nitrogen and oxygen atoms in total. The molecule has 0 bridgehead atoms. The van der Waals surface area contributed by atoms with Gasteiger partial charge in [-0.3, -0.25) is 15.1 Å². The molecule has 6 aromatic rings. The van der Waals surface area contributed by atoms with Crippen molar-refractivity contribution >= 4 is 22.1 Å². The number of ether oxygens (including phenoxy) is 2. The van der Waals surface area contributed by atoms with Crippen LogP contribution in [0, 0.1) is 5.82 Å². The maximum atomic E-state index is 14.2.